The number of hydrogen-bond donors (Lipinski definition) is 1. The van der Waals surface area contributed by atoms with E-state index in [4.69, 9.17) is 5.10 Å². The molecule has 2 amide bonds. The molecule has 202 valence electrons. The van der Waals surface area contributed by atoms with Gasteiger partial charge in [-0.25, -0.2) is 9.48 Å². The third kappa shape index (κ3) is 4.60. The van der Waals surface area contributed by atoms with Crippen molar-refractivity contribution < 1.29 is 4.79 Å². The van der Waals surface area contributed by atoms with Crippen molar-refractivity contribution in [2.75, 3.05) is 5.32 Å². The lowest BCUT2D eigenvalue weighted by Crippen LogP contribution is -2.38. The maximum Gasteiger partial charge on any atom is 0.322 e. The number of carbonyl (C=O) groups is 1. The third-order valence-corrected chi connectivity index (χ3v) is 7.88. The van der Waals surface area contributed by atoms with E-state index >= 15 is 0 Å². The number of nitrogens with zero attached hydrogens (tertiary/aromatic N) is 4. The number of aromatic nitrogens is 3. The summed E-state index contributed by atoms with van der Waals surface area (Å²) in [6.07, 6.45) is 3.04. The number of rotatable bonds is 5. The molecule has 0 aliphatic carbocycles. The van der Waals surface area contributed by atoms with E-state index in [1.165, 1.54) is 11.1 Å². The number of anilines is 1. The van der Waals surface area contributed by atoms with Crippen molar-refractivity contribution >= 4 is 11.7 Å². The number of fused-ring (bicyclic) bond motifs is 3. The minimum atomic E-state index is -0.290. The first kappa shape index (κ1) is 25.7. The van der Waals surface area contributed by atoms with E-state index in [1.807, 2.05) is 46.8 Å². The first-order chi connectivity index (χ1) is 19.4. The van der Waals surface area contributed by atoms with Gasteiger partial charge in [0.25, 0.3) is 0 Å². The van der Waals surface area contributed by atoms with Gasteiger partial charge in [-0.05, 0) is 72.4 Å². The fourth-order valence-corrected chi connectivity index (χ4v) is 5.58. The van der Waals surface area contributed by atoms with Crippen LogP contribution in [0.2, 0.25) is 0 Å². The zero-order chi connectivity index (χ0) is 27.8. The van der Waals surface area contributed by atoms with Crippen molar-refractivity contribution in [1.82, 2.24) is 19.2 Å². The van der Waals surface area contributed by atoms with Crippen LogP contribution < -0.4 is 5.32 Å². The summed E-state index contributed by atoms with van der Waals surface area (Å²) in [5.74, 6) is 1.40. The molecule has 0 radical (unpaired) electrons. The van der Waals surface area contributed by atoms with Crippen LogP contribution in [0.3, 0.4) is 0 Å². The lowest BCUT2D eigenvalue weighted by molar-refractivity contribution is 0.194. The Labute approximate surface area is 235 Å². The standard InChI is InChI=1S/C34H35N5O/c1-5-25-13-19-28(20-14-25)35-34(40)38-22-30-24(4)36-39(29-10-7-6-8-11-29)33(30)37-21-9-12-31(37)32(38)27-17-15-26(16-18-27)23(2)3/h6-21,23,32H,5,22H2,1-4H3,(H,35,40)/t32-/m1/s1. The molecule has 0 fully saturated rings. The van der Waals surface area contributed by atoms with Crippen molar-refractivity contribution in [3.8, 4) is 11.5 Å². The molecule has 5 aromatic rings. The van der Waals surface area contributed by atoms with Crippen LogP contribution in [-0.4, -0.2) is 25.3 Å². The van der Waals surface area contributed by atoms with E-state index in [0.717, 1.165) is 46.1 Å². The highest BCUT2D eigenvalue weighted by atomic mass is 16.2. The van der Waals surface area contributed by atoms with Gasteiger partial charge in [0.15, 0.2) is 0 Å². The van der Waals surface area contributed by atoms with Gasteiger partial charge in [0.2, 0.25) is 0 Å². The second-order valence-electron chi connectivity index (χ2n) is 10.8. The van der Waals surface area contributed by atoms with E-state index in [0.29, 0.717) is 12.5 Å². The molecule has 2 aromatic heterocycles. The smallest absolute Gasteiger partial charge is 0.308 e. The third-order valence-electron chi connectivity index (χ3n) is 7.88. The van der Waals surface area contributed by atoms with Crippen LogP contribution in [0.15, 0.2) is 97.2 Å². The van der Waals surface area contributed by atoms with Crippen molar-refractivity contribution in [3.63, 3.8) is 0 Å². The number of para-hydroxylation sites is 1. The molecule has 3 heterocycles. The zero-order valence-electron chi connectivity index (χ0n) is 23.5. The molecule has 3 aromatic carbocycles. The maximum absolute atomic E-state index is 14.1. The van der Waals surface area contributed by atoms with Gasteiger partial charge in [0.1, 0.15) is 5.82 Å². The summed E-state index contributed by atoms with van der Waals surface area (Å²) in [6, 6.07) is 30.7. The lowest BCUT2D eigenvalue weighted by atomic mass is 9.97. The first-order valence-electron chi connectivity index (χ1n) is 14.0. The van der Waals surface area contributed by atoms with Gasteiger partial charge < -0.3 is 14.8 Å². The number of nitrogens with one attached hydrogen (secondary N) is 1. The van der Waals surface area contributed by atoms with Crippen molar-refractivity contribution in [3.05, 3.63) is 131 Å². The number of benzene rings is 3. The predicted molar refractivity (Wildman–Crippen MR) is 160 cm³/mol. The Morgan fingerprint density at radius 1 is 0.950 bits per heavy atom. The highest BCUT2D eigenvalue weighted by Gasteiger charge is 2.36. The van der Waals surface area contributed by atoms with Crippen molar-refractivity contribution in [2.24, 2.45) is 0 Å². The van der Waals surface area contributed by atoms with Gasteiger partial charge in [0.05, 0.1) is 29.7 Å². The summed E-state index contributed by atoms with van der Waals surface area (Å²) in [4.78, 5) is 16.1. The van der Waals surface area contributed by atoms with Gasteiger partial charge in [-0.15, -0.1) is 0 Å². The fraction of sp³-hybridized carbons (Fsp3) is 0.235. The molecule has 1 aliphatic heterocycles. The second-order valence-corrected chi connectivity index (χ2v) is 10.8. The molecule has 6 rings (SSSR count). The molecule has 0 spiro atoms. The molecule has 6 nitrogen and oxygen atoms in total. The van der Waals surface area contributed by atoms with E-state index in [1.54, 1.807) is 0 Å². The second kappa shape index (κ2) is 10.5. The van der Waals surface area contributed by atoms with E-state index in [2.05, 4.69) is 97.5 Å². The Balaban J connectivity index is 1.50. The molecule has 0 saturated carbocycles. The van der Waals surface area contributed by atoms with Crippen LogP contribution in [0.1, 0.15) is 66.4 Å². The molecule has 0 unspecified atom stereocenters. The number of hydrogen-bond acceptors (Lipinski definition) is 2. The highest BCUT2D eigenvalue weighted by molar-refractivity contribution is 5.90. The number of aryl methyl sites for hydroxylation is 2. The van der Waals surface area contributed by atoms with Crippen LogP contribution in [0.5, 0.6) is 0 Å². The van der Waals surface area contributed by atoms with Crippen molar-refractivity contribution in [1.29, 1.82) is 0 Å². The minimum Gasteiger partial charge on any atom is -0.308 e. The molecule has 1 atom stereocenters. The quantitative estimate of drug-likeness (QED) is 0.253. The SMILES string of the molecule is CCc1ccc(NC(=O)N2Cc3c(C)nn(-c4ccccc4)c3-n3cccc3[C@H]2c2ccc(C(C)C)cc2)cc1. The van der Waals surface area contributed by atoms with Crippen LogP contribution in [0, 0.1) is 6.92 Å². The van der Waals surface area contributed by atoms with Crippen molar-refractivity contribution in [2.45, 2.75) is 52.6 Å². The Bertz CT molecular complexity index is 1630. The van der Waals surface area contributed by atoms with Gasteiger partial charge >= 0.3 is 6.03 Å². The lowest BCUT2D eigenvalue weighted by Gasteiger charge is -2.31. The predicted octanol–water partition coefficient (Wildman–Crippen LogP) is 7.79. The molecule has 6 heteroatoms. The van der Waals surface area contributed by atoms with Gasteiger partial charge in [-0.1, -0.05) is 75.4 Å². The van der Waals surface area contributed by atoms with Gasteiger partial charge in [-0.2, -0.15) is 5.10 Å². The molecule has 0 bridgehead atoms. The summed E-state index contributed by atoms with van der Waals surface area (Å²) >= 11 is 0. The summed E-state index contributed by atoms with van der Waals surface area (Å²) in [7, 11) is 0. The Kier molecular flexibility index (Phi) is 6.76. The Morgan fingerprint density at radius 2 is 1.68 bits per heavy atom. The monoisotopic (exact) mass is 529 g/mol. The normalized spacial score (nSPS) is 14.5. The molecule has 0 saturated heterocycles. The van der Waals surface area contributed by atoms with Crippen LogP contribution >= 0.6 is 0 Å². The van der Waals surface area contributed by atoms with E-state index in [9.17, 15) is 4.79 Å². The largest absolute Gasteiger partial charge is 0.322 e. The minimum absolute atomic E-state index is 0.144. The van der Waals surface area contributed by atoms with Crippen LogP contribution in [0.25, 0.3) is 11.5 Å². The summed E-state index contributed by atoms with van der Waals surface area (Å²) < 4.78 is 4.20. The summed E-state index contributed by atoms with van der Waals surface area (Å²) in [5, 5.41) is 8.13. The number of amides is 2. The van der Waals surface area contributed by atoms with Gasteiger partial charge in [-0.3, -0.25) is 0 Å². The zero-order valence-corrected chi connectivity index (χ0v) is 23.5. The molecular weight excluding hydrogens is 494 g/mol. The topological polar surface area (TPSA) is 55.1 Å². The van der Waals surface area contributed by atoms with Crippen LogP contribution in [0.4, 0.5) is 10.5 Å². The Morgan fingerprint density at radius 3 is 2.35 bits per heavy atom. The summed E-state index contributed by atoms with van der Waals surface area (Å²) in [5.41, 5.74) is 8.30. The molecular formula is C34H35N5O. The number of carbonyl (C=O) groups excluding carboxylic acids is 1. The number of urea groups is 1. The molecule has 1 aliphatic rings. The Hall–Kier alpha value is -4.58. The molecule has 1 N–H and O–H groups in total. The first-order valence-corrected chi connectivity index (χ1v) is 14.0. The average molecular weight is 530 g/mol. The highest BCUT2D eigenvalue weighted by Crippen LogP contribution is 2.39. The van der Waals surface area contributed by atoms with Gasteiger partial charge in [0, 0.05) is 17.4 Å². The van der Waals surface area contributed by atoms with Crippen LogP contribution in [-0.2, 0) is 13.0 Å². The van der Waals surface area contributed by atoms with E-state index in [-0.39, 0.29) is 12.1 Å². The van der Waals surface area contributed by atoms with E-state index < -0.39 is 0 Å². The average Bonchev–Trinajstić information content (AvgIpc) is 3.54. The summed E-state index contributed by atoms with van der Waals surface area (Å²) in [6.45, 7) is 8.97. The maximum atomic E-state index is 14.1. The molecule has 40 heavy (non-hydrogen) atoms. The fourth-order valence-electron chi connectivity index (χ4n) is 5.58.